The van der Waals surface area contributed by atoms with E-state index in [2.05, 4.69) is 30.5 Å². The lowest BCUT2D eigenvalue weighted by Gasteiger charge is -2.16. The second kappa shape index (κ2) is 9.29. The molecule has 1 rings (SSSR count). The molecule has 22 heavy (non-hydrogen) atoms. The van der Waals surface area contributed by atoms with Gasteiger partial charge in [-0.25, -0.2) is 13.4 Å². The summed E-state index contributed by atoms with van der Waals surface area (Å²) in [6, 6.07) is 1.62. The summed E-state index contributed by atoms with van der Waals surface area (Å²) in [6.07, 6.45) is 3.45. The fraction of sp³-hybridized carbons (Fsp3) is 0.615. The maximum absolute atomic E-state index is 11.4. The number of likely N-dealkylation sites (N-methyl/N-ethyl adjacent to an activating group) is 1. The van der Waals surface area contributed by atoms with Crippen LogP contribution >= 0.6 is 15.9 Å². The normalized spacial score (nSPS) is 11.7. The van der Waals surface area contributed by atoms with Gasteiger partial charge in [-0.15, -0.1) is 0 Å². The monoisotopic (exact) mass is 395 g/mol. The minimum atomic E-state index is -3.38. The van der Waals surface area contributed by atoms with Crippen molar-refractivity contribution in [1.29, 1.82) is 0 Å². The lowest BCUT2D eigenvalue weighted by atomic mass is 10.4. The molecule has 0 aliphatic heterocycles. The van der Waals surface area contributed by atoms with Gasteiger partial charge in [0.25, 0.3) is 0 Å². The van der Waals surface area contributed by atoms with Crippen molar-refractivity contribution in [3.63, 3.8) is 0 Å². The summed E-state index contributed by atoms with van der Waals surface area (Å²) < 4.78 is 36.4. The summed E-state index contributed by atoms with van der Waals surface area (Å²) in [4.78, 5) is 6.24. The Hall–Kier alpha value is -0.900. The van der Waals surface area contributed by atoms with Gasteiger partial charge < -0.3 is 14.4 Å². The Morgan fingerprint density at radius 3 is 2.73 bits per heavy atom. The number of rotatable bonds is 10. The van der Waals surface area contributed by atoms with Crippen LogP contribution in [0.2, 0.25) is 0 Å². The van der Waals surface area contributed by atoms with Crippen LogP contribution in [0.25, 0.3) is 0 Å². The molecule has 0 atom stereocenters. The Morgan fingerprint density at radius 2 is 2.09 bits per heavy atom. The number of methoxy groups -OCH3 is 1. The molecule has 7 nitrogen and oxygen atoms in total. The van der Waals surface area contributed by atoms with Gasteiger partial charge >= 0.3 is 0 Å². The third-order valence-electron chi connectivity index (χ3n) is 2.71. The molecule has 0 saturated carbocycles. The van der Waals surface area contributed by atoms with Crippen LogP contribution in [-0.4, -0.2) is 65.0 Å². The molecule has 9 heteroatoms. The lowest BCUT2D eigenvalue weighted by molar-refractivity contribution is 0.156. The molecule has 0 amide bonds. The number of pyridine rings is 1. The van der Waals surface area contributed by atoms with E-state index in [1.807, 2.05) is 7.05 Å². The van der Waals surface area contributed by atoms with Crippen molar-refractivity contribution in [2.24, 2.45) is 0 Å². The molecule has 0 saturated heterocycles. The number of sulfonamides is 1. The van der Waals surface area contributed by atoms with E-state index in [0.717, 1.165) is 25.8 Å². The molecule has 0 spiro atoms. The highest BCUT2D eigenvalue weighted by Gasteiger charge is 2.11. The van der Waals surface area contributed by atoms with Crippen LogP contribution in [0.5, 0.6) is 5.88 Å². The molecule has 0 aromatic carbocycles. The third kappa shape index (κ3) is 7.92. The number of hydrogen-bond donors (Lipinski definition) is 1. The average molecular weight is 396 g/mol. The fourth-order valence-electron chi connectivity index (χ4n) is 1.68. The number of nitrogens with one attached hydrogen (secondary N) is 1. The maximum atomic E-state index is 11.4. The van der Waals surface area contributed by atoms with Crippen molar-refractivity contribution < 1.29 is 17.9 Å². The first kappa shape index (κ1) is 19.1. The minimum Gasteiger partial charge on any atom is -0.476 e. The third-order valence-corrected chi connectivity index (χ3v) is 3.74. The Labute approximate surface area is 140 Å². The Morgan fingerprint density at radius 1 is 1.36 bits per heavy atom. The summed E-state index contributed by atoms with van der Waals surface area (Å²) in [7, 11) is 0.297. The molecule has 0 fully saturated rings. The predicted octanol–water partition coefficient (Wildman–Crippen LogP) is 1.56. The molecule has 0 aliphatic carbocycles. The zero-order valence-corrected chi connectivity index (χ0v) is 15.4. The number of aromatic nitrogens is 1. The van der Waals surface area contributed by atoms with Gasteiger partial charge in [0.05, 0.1) is 19.5 Å². The van der Waals surface area contributed by atoms with Crippen LogP contribution in [0.3, 0.4) is 0 Å². The van der Waals surface area contributed by atoms with Gasteiger partial charge in [0.1, 0.15) is 5.69 Å². The van der Waals surface area contributed by atoms with Gasteiger partial charge in [0.15, 0.2) is 0 Å². The van der Waals surface area contributed by atoms with Crippen LogP contribution in [0.1, 0.15) is 6.42 Å². The zero-order chi connectivity index (χ0) is 16.6. The van der Waals surface area contributed by atoms with Gasteiger partial charge in [-0.1, -0.05) is 0 Å². The van der Waals surface area contributed by atoms with Gasteiger partial charge in [-0.05, 0) is 35.5 Å². The molecule has 0 radical (unpaired) electrons. The first-order valence-corrected chi connectivity index (χ1v) is 9.44. The highest BCUT2D eigenvalue weighted by molar-refractivity contribution is 9.10. The van der Waals surface area contributed by atoms with Gasteiger partial charge in [-0.3, -0.25) is 4.72 Å². The zero-order valence-electron chi connectivity index (χ0n) is 13.0. The summed E-state index contributed by atoms with van der Waals surface area (Å²) in [5.41, 5.74) is 0.324. The van der Waals surface area contributed by atoms with Crippen molar-refractivity contribution in [3.8, 4) is 5.88 Å². The maximum Gasteiger partial charge on any atom is 0.238 e. The molecule has 0 unspecified atom stereocenters. The fourth-order valence-corrected chi connectivity index (χ4v) is 2.55. The molecular formula is C13H22BrN3O4S. The second-order valence-corrected chi connectivity index (χ2v) is 7.54. The van der Waals surface area contributed by atoms with E-state index >= 15 is 0 Å². The van der Waals surface area contributed by atoms with Gasteiger partial charge in [0.2, 0.25) is 15.9 Å². The van der Waals surface area contributed by atoms with E-state index in [1.165, 1.54) is 0 Å². The van der Waals surface area contributed by atoms with Crippen molar-refractivity contribution in [2.45, 2.75) is 6.42 Å². The van der Waals surface area contributed by atoms with E-state index < -0.39 is 10.0 Å². The highest BCUT2D eigenvalue weighted by atomic mass is 79.9. The summed E-state index contributed by atoms with van der Waals surface area (Å²) >= 11 is 3.26. The molecule has 1 aromatic heterocycles. The lowest BCUT2D eigenvalue weighted by Crippen LogP contribution is -2.25. The Kier molecular flexibility index (Phi) is 8.08. The quantitative estimate of drug-likeness (QED) is 0.605. The topological polar surface area (TPSA) is 80.8 Å². The molecule has 0 bridgehead atoms. The van der Waals surface area contributed by atoms with Crippen molar-refractivity contribution in [2.75, 3.05) is 51.4 Å². The summed E-state index contributed by atoms with van der Waals surface area (Å²) in [5, 5.41) is 0. The second-order valence-electron chi connectivity index (χ2n) is 4.88. The Balaban J connectivity index is 2.52. The average Bonchev–Trinajstić information content (AvgIpc) is 2.41. The van der Waals surface area contributed by atoms with E-state index in [4.69, 9.17) is 9.47 Å². The SMILES string of the molecule is COCCN(C)CCCOc1ncc(Br)cc1NS(C)(=O)=O. The summed E-state index contributed by atoms with van der Waals surface area (Å²) in [6.45, 7) is 2.85. The molecule has 1 N–H and O–H groups in total. The summed E-state index contributed by atoms with van der Waals surface area (Å²) in [5.74, 6) is 0.271. The predicted molar refractivity (Wildman–Crippen MR) is 89.9 cm³/mol. The number of ether oxygens (including phenoxy) is 2. The number of hydrogen-bond acceptors (Lipinski definition) is 6. The van der Waals surface area contributed by atoms with Crippen molar-refractivity contribution in [3.05, 3.63) is 16.7 Å². The van der Waals surface area contributed by atoms with E-state index in [9.17, 15) is 8.42 Å². The minimum absolute atomic E-state index is 0.271. The van der Waals surface area contributed by atoms with E-state index in [-0.39, 0.29) is 5.88 Å². The van der Waals surface area contributed by atoms with Crippen LogP contribution in [0.15, 0.2) is 16.7 Å². The molecule has 0 aliphatic rings. The number of anilines is 1. The molecule has 126 valence electrons. The van der Waals surface area contributed by atoms with Crippen LogP contribution in [0, 0.1) is 0 Å². The highest BCUT2D eigenvalue weighted by Crippen LogP contribution is 2.26. The van der Waals surface area contributed by atoms with E-state index in [1.54, 1.807) is 19.4 Å². The van der Waals surface area contributed by atoms with Gasteiger partial charge in [-0.2, -0.15) is 0 Å². The van der Waals surface area contributed by atoms with Crippen molar-refractivity contribution in [1.82, 2.24) is 9.88 Å². The molecule has 1 heterocycles. The van der Waals surface area contributed by atoms with Crippen molar-refractivity contribution >= 4 is 31.6 Å². The van der Waals surface area contributed by atoms with Crippen LogP contribution in [-0.2, 0) is 14.8 Å². The largest absolute Gasteiger partial charge is 0.476 e. The Bertz CT molecular complexity index is 568. The standard InChI is InChI=1S/C13H22BrN3O4S/c1-17(6-8-20-2)5-4-7-21-13-12(16-22(3,18)19)9-11(14)10-15-13/h9-10,16H,4-8H2,1-3H3. The molecule has 1 aromatic rings. The van der Waals surface area contributed by atoms with E-state index in [0.29, 0.717) is 23.4 Å². The number of halogens is 1. The first-order chi connectivity index (χ1) is 10.3. The smallest absolute Gasteiger partial charge is 0.238 e. The first-order valence-electron chi connectivity index (χ1n) is 6.75. The van der Waals surface area contributed by atoms with Gasteiger partial charge in [0, 0.05) is 30.9 Å². The van der Waals surface area contributed by atoms with Crippen LogP contribution < -0.4 is 9.46 Å². The molecular weight excluding hydrogens is 374 g/mol. The van der Waals surface area contributed by atoms with Crippen LogP contribution in [0.4, 0.5) is 5.69 Å². The number of nitrogens with zero attached hydrogens (tertiary/aromatic N) is 2.